The number of rotatable bonds is 7. The minimum atomic E-state index is -0.156. The molecule has 1 unspecified atom stereocenters. The minimum Gasteiger partial charge on any atom is -0.396 e. The number of nitrogens with zero attached hydrogens (tertiary/aromatic N) is 2. The highest BCUT2D eigenvalue weighted by Crippen LogP contribution is 2.14. The average molecular weight is 350 g/mol. The highest BCUT2D eigenvalue weighted by Gasteiger charge is 2.19. The van der Waals surface area contributed by atoms with Crippen LogP contribution in [-0.2, 0) is 6.54 Å². The first-order valence-electron chi connectivity index (χ1n) is 8.11. The van der Waals surface area contributed by atoms with Crippen molar-refractivity contribution in [2.75, 3.05) is 6.61 Å². The average Bonchev–Trinajstić information content (AvgIpc) is 2.87. The first-order valence-corrected chi connectivity index (χ1v) is 8.48. The van der Waals surface area contributed by atoms with E-state index in [1.165, 1.54) is 0 Å². The van der Waals surface area contributed by atoms with Gasteiger partial charge in [0, 0.05) is 23.9 Å². The van der Waals surface area contributed by atoms with Gasteiger partial charge < -0.3 is 10.4 Å². The van der Waals surface area contributed by atoms with Crippen molar-refractivity contribution in [1.82, 2.24) is 15.1 Å². The zero-order valence-corrected chi connectivity index (χ0v) is 15.0. The molecule has 5 nitrogen and oxygen atoms in total. The Balaban J connectivity index is 2.11. The van der Waals surface area contributed by atoms with Crippen molar-refractivity contribution in [3.05, 3.63) is 52.3 Å². The van der Waals surface area contributed by atoms with Crippen LogP contribution in [0, 0.1) is 12.8 Å². The number of aliphatic hydroxyl groups is 1. The second-order valence-electron chi connectivity index (χ2n) is 6.29. The fourth-order valence-electron chi connectivity index (χ4n) is 2.60. The van der Waals surface area contributed by atoms with E-state index in [1.54, 1.807) is 10.9 Å². The minimum absolute atomic E-state index is 0.0517. The molecule has 0 aliphatic heterocycles. The van der Waals surface area contributed by atoms with Gasteiger partial charge in [0.1, 0.15) is 0 Å². The van der Waals surface area contributed by atoms with Crippen LogP contribution in [0.1, 0.15) is 41.9 Å². The molecular formula is C18H24ClN3O2. The summed E-state index contributed by atoms with van der Waals surface area (Å²) in [5.41, 5.74) is 2.26. The standard InChI is InChI=1S/C18H24ClN3O2/c1-12(2)17(7-8-23)20-18(24)16-11-22(21-13(16)3)10-14-5-4-6-15(19)9-14/h4-6,9,11-12,17,23H,7-8,10H2,1-3H3,(H,20,24). The summed E-state index contributed by atoms with van der Waals surface area (Å²) in [5.74, 6) is 0.0971. The highest BCUT2D eigenvalue weighted by molar-refractivity contribution is 6.30. The Hall–Kier alpha value is -1.85. The summed E-state index contributed by atoms with van der Waals surface area (Å²) in [6.07, 6.45) is 2.29. The lowest BCUT2D eigenvalue weighted by Gasteiger charge is -2.21. The molecule has 0 radical (unpaired) electrons. The number of aryl methyl sites for hydroxylation is 1. The Labute approximate surface area is 147 Å². The van der Waals surface area contributed by atoms with Crippen LogP contribution < -0.4 is 5.32 Å². The largest absolute Gasteiger partial charge is 0.396 e. The molecule has 1 heterocycles. The molecule has 2 N–H and O–H groups in total. The lowest BCUT2D eigenvalue weighted by molar-refractivity contribution is 0.0916. The quantitative estimate of drug-likeness (QED) is 0.807. The number of amides is 1. The predicted molar refractivity (Wildman–Crippen MR) is 95.3 cm³/mol. The summed E-state index contributed by atoms with van der Waals surface area (Å²) in [4.78, 5) is 12.5. The maximum Gasteiger partial charge on any atom is 0.254 e. The molecule has 24 heavy (non-hydrogen) atoms. The molecule has 1 aromatic heterocycles. The number of aliphatic hydroxyl groups excluding tert-OH is 1. The molecule has 0 aliphatic rings. The predicted octanol–water partition coefficient (Wildman–Crippen LogP) is 3.03. The Bertz CT molecular complexity index is 697. The molecule has 1 atom stereocenters. The van der Waals surface area contributed by atoms with Gasteiger partial charge in [0.15, 0.2) is 0 Å². The summed E-state index contributed by atoms with van der Waals surface area (Å²) >= 11 is 6.00. The van der Waals surface area contributed by atoms with Crippen LogP contribution in [0.25, 0.3) is 0 Å². The Morgan fingerprint density at radius 1 is 1.42 bits per heavy atom. The molecule has 0 aliphatic carbocycles. The van der Waals surface area contributed by atoms with E-state index in [-0.39, 0.29) is 24.5 Å². The van der Waals surface area contributed by atoms with Crippen molar-refractivity contribution in [2.45, 2.75) is 39.8 Å². The number of carbonyl (C=O) groups excluding carboxylic acids is 1. The van der Waals surface area contributed by atoms with E-state index in [0.717, 1.165) is 5.56 Å². The van der Waals surface area contributed by atoms with Crippen LogP contribution >= 0.6 is 11.6 Å². The van der Waals surface area contributed by atoms with Crippen molar-refractivity contribution in [2.24, 2.45) is 5.92 Å². The van der Waals surface area contributed by atoms with Crippen LogP contribution in [0.4, 0.5) is 0 Å². The van der Waals surface area contributed by atoms with Crippen LogP contribution in [0.15, 0.2) is 30.5 Å². The van der Waals surface area contributed by atoms with Crippen molar-refractivity contribution in [3.8, 4) is 0 Å². The first-order chi connectivity index (χ1) is 11.4. The third kappa shape index (κ3) is 4.82. The van der Waals surface area contributed by atoms with Gasteiger partial charge in [-0.3, -0.25) is 9.48 Å². The van der Waals surface area contributed by atoms with E-state index < -0.39 is 0 Å². The summed E-state index contributed by atoms with van der Waals surface area (Å²) in [5, 5.41) is 17.2. The van der Waals surface area contributed by atoms with Gasteiger partial charge in [-0.05, 0) is 37.0 Å². The number of carbonyl (C=O) groups is 1. The van der Waals surface area contributed by atoms with Crippen LogP contribution in [0.2, 0.25) is 5.02 Å². The SMILES string of the molecule is Cc1nn(Cc2cccc(Cl)c2)cc1C(=O)NC(CCO)C(C)C. The Morgan fingerprint density at radius 2 is 2.17 bits per heavy atom. The molecule has 0 saturated carbocycles. The topological polar surface area (TPSA) is 67.2 Å². The van der Waals surface area contributed by atoms with E-state index in [0.29, 0.717) is 29.2 Å². The van der Waals surface area contributed by atoms with E-state index in [1.807, 2.05) is 45.0 Å². The molecule has 1 aromatic carbocycles. The third-order valence-electron chi connectivity index (χ3n) is 3.99. The van der Waals surface area contributed by atoms with E-state index in [2.05, 4.69) is 10.4 Å². The maximum absolute atomic E-state index is 12.5. The molecular weight excluding hydrogens is 326 g/mol. The second-order valence-corrected chi connectivity index (χ2v) is 6.73. The van der Waals surface area contributed by atoms with Gasteiger partial charge in [-0.2, -0.15) is 5.10 Å². The summed E-state index contributed by atoms with van der Waals surface area (Å²) in [6.45, 7) is 6.47. The van der Waals surface area contributed by atoms with Crippen molar-refractivity contribution >= 4 is 17.5 Å². The molecule has 1 amide bonds. The van der Waals surface area contributed by atoms with Gasteiger partial charge in [0.25, 0.3) is 5.91 Å². The van der Waals surface area contributed by atoms with Crippen molar-refractivity contribution < 1.29 is 9.90 Å². The summed E-state index contributed by atoms with van der Waals surface area (Å²) < 4.78 is 1.74. The zero-order chi connectivity index (χ0) is 17.7. The zero-order valence-electron chi connectivity index (χ0n) is 14.3. The lowest BCUT2D eigenvalue weighted by Crippen LogP contribution is -2.39. The highest BCUT2D eigenvalue weighted by atomic mass is 35.5. The van der Waals surface area contributed by atoms with Gasteiger partial charge in [0.05, 0.1) is 17.8 Å². The number of nitrogens with one attached hydrogen (secondary N) is 1. The number of aromatic nitrogens is 2. The number of benzene rings is 1. The van der Waals surface area contributed by atoms with E-state index in [9.17, 15) is 4.79 Å². The van der Waals surface area contributed by atoms with E-state index >= 15 is 0 Å². The maximum atomic E-state index is 12.5. The third-order valence-corrected chi connectivity index (χ3v) is 4.22. The van der Waals surface area contributed by atoms with Crippen LogP contribution in [0.3, 0.4) is 0 Å². The molecule has 0 saturated heterocycles. The molecule has 0 fully saturated rings. The summed E-state index contributed by atoms with van der Waals surface area (Å²) in [6, 6.07) is 7.51. The van der Waals surface area contributed by atoms with Crippen LogP contribution in [0.5, 0.6) is 0 Å². The monoisotopic (exact) mass is 349 g/mol. The molecule has 2 rings (SSSR count). The fraction of sp³-hybridized carbons (Fsp3) is 0.444. The van der Waals surface area contributed by atoms with Crippen molar-refractivity contribution in [1.29, 1.82) is 0 Å². The summed E-state index contributed by atoms with van der Waals surface area (Å²) in [7, 11) is 0. The molecule has 2 aromatic rings. The van der Waals surface area contributed by atoms with Gasteiger partial charge >= 0.3 is 0 Å². The smallest absolute Gasteiger partial charge is 0.254 e. The molecule has 0 spiro atoms. The van der Waals surface area contributed by atoms with Gasteiger partial charge in [0.2, 0.25) is 0 Å². The second kappa shape index (κ2) is 8.31. The number of halogens is 1. The number of hydrogen-bond donors (Lipinski definition) is 2. The lowest BCUT2D eigenvalue weighted by atomic mass is 10.0. The van der Waals surface area contributed by atoms with E-state index in [4.69, 9.17) is 16.7 Å². The molecule has 130 valence electrons. The Morgan fingerprint density at radius 3 is 2.79 bits per heavy atom. The molecule has 0 bridgehead atoms. The first kappa shape index (κ1) is 18.5. The Kier molecular flexibility index (Phi) is 6.40. The normalized spacial score (nSPS) is 12.4. The molecule has 6 heteroatoms. The van der Waals surface area contributed by atoms with Gasteiger partial charge in [-0.25, -0.2) is 0 Å². The van der Waals surface area contributed by atoms with Crippen LogP contribution in [-0.4, -0.2) is 33.4 Å². The fourth-order valence-corrected chi connectivity index (χ4v) is 2.81. The van der Waals surface area contributed by atoms with Gasteiger partial charge in [-0.1, -0.05) is 37.6 Å². The number of hydrogen-bond acceptors (Lipinski definition) is 3. The van der Waals surface area contributed by atoms with Crippen molar-refractivity contribution in [3.63, 3.8) is 0 Å². The van der Waals surface area contributed by atoms with Gasteiger partial charge in [-0.15, -0.1) is 0 Å².